The standard InChI is InChI=1S/C12H12ClNOS2/c1-16-12-6-7-17-10-5-3-2-4-9(10)14(12)11(15)8-13/h2-6H,7-8H2,1H3. The van der Waals surface area contributed by atoms with Crippen molar-refractivity contribution in [2.75, 3.05) is 22.8 Å². The molecule has 0 saturated carbocycles. The quantitative estimate of drug-likeness (QED) is 0.775. The molecule has 2 rings (SSSR count). The van der Waals surface area contributed by atoms with Gasteiger partial charge in [0.2, 0.25) is 5.91 Å². The first-order valence-electron chi connectivity index (χ1n) is 5.13. The van der Waals surface area contributed by atoms with Crippen molar-refractivity contribution in [3.8, 4) is 0 Å². The molecule has 1 amide bonds. The van der Waals surface area contributed by atoms with E-state index in [9.17, 15) is 4.79 Å². The number of rotatable bonds is 2. The number of thioether (sulfide) groups is 2. The molecule has 1 aromatic carbocycles. The first-order chi connectivity index (χ1) is 8.27. The summed E-state index contributed by atoms with van der Waals surface area (Å²) < 4.78 is 0. The van der Waals surface area contributed by atoms with Gasteiger partial charge in [-0.15, -0.1) is 35.1 Å². The Labute approximate surface area is 114 Å². The first-order valence-corrected chi connectivity index (χ1v) is 7.87. The molecule has 2 nitrogen and oxygen atoms in total. The van der Waals surface area contributed by atoms with Crippen LogP contribution in [0, 0.1) is 0 Å². The highest BCUT2D eigenvalue weighted by Crippen LogP contribution is 2.37. The first kappa shape index (κ1) is 12.9. The zero-order valence-electron chi connectivity index (χ0n) is 9.35. The van der Waals surface area contributed by atoms with E-state index in [1.54, 1.807) is 28.4 Å². The summed E-state index contributed by atoms with van der Waals surface area (Å²) in [6, 6.07) is 7.92. The molecule has 1 aromatic rings. The van der Waals surface area contributed by atoms with Gasteiger partial charge in [0.1, 0.15) is 5.88 Å². The van der Waals surface area contributed by atoms with Crippen LogP contribution in [0.2, 0.25) is 0 Å². The Balaban J connectivity index is 2.50. The minimum atomic E-state index is -0.0813. The zero-order valence-corrected chi connectivity index (χ0v) is 11.7. The molecule has 90 valence electrons. The second-order valence-electron chi connectivity index (χ2n) is 3.39. The number of carbonyl (C=O) groups excluding carboxylic acids is 1. The summed E-state index contributed by atoms with van der Waals surface area (Å²) >= 11 is 9.00. The maximum absolute atomic E-state index is 12.0. The number of nitrogens with zero attached hydrogens (tertiary/aromatic N) is 1. The number of anilines is 1. The summed E-state index contributed by atoms with van der Waals surface area (Å²) in [5.74, 6) is 0.790. The Morgan fingerprint density at radius 2 is 2.29 bits per heavy atom. The maximum Gasteiger partial charge on any atom is 0.246 e. The summed E-state index contributed by atoms with van der Waals surface area (Å²) in [5, 5.41) is 0.952. The Kier molecular flexibility index (Phi) is 4.42. The van der Waals surface area contributed by atoms with Gasteiger partial charge in [0.05, 0.1) is 10.7 Å². The lowest BCUT2D eigenvalue weighted by atomic mass is 10.3. The molecule has 1 heterocycles. The topological polar surface area (TPSA) is 20.3 Å². The third-order valence-corrected chi connectivity index (χ3v) is 4.38. The SMILES string of the molecule is CSC1=CCSc2ccccc2N1C(=O)CCl. The Morgan fingerprint density at radius 1 is 1.53 bits per heavy atom. The number of alkyl halides is 1. The summed E-state index contributed by atoms with van der Waals surface area (Å²) in [6.07, 6.45) is 4.04. The summed E-state index contributed by atoms with van der Waals surface area (Å²) in [7, 11) is 0. The molecular weight excluding hydrogens is 274 g/mol. The highest BCUT2D eigenvalue weighted by atomic mass is 35.5. The van der Waals surface area contributed by atoms with Crippen molar-refractivity contribution in [1.29, 1.82) is 0 Å². The second kappa shape index (κ2) is 5.85. The number of benzene rings is 1. The van der Waals surface area contributed by atoms with Crippen LogP contribution in [0.25, 0.3) is 0 Å². The zero-order chi connectivity index (χ0) is 12.3. The third-order valence-electron chi connectivity index (χ3n) is 2.40. The van der Waals surface area contributed by atoms with E-state index in [1.807, 2.05) is 30.5 Å². The molecule has 0 radical (unpaired) electrons. The van der Waals surface area contributed by atoms with Crippen LogP contribution in [-0.4, -0.2) is 23.8 Å². The van der Waals surface area contributed by atoms with E-state index >= 15 is 0 Å². The Hall–Kier alpha value is -0.580. The number of halogens is 1. The van der Waals surface area contributed by atoms with Crippen LogP contribution in [0.3, 0.4) is 0 Å². The molecule has 1 aliphatic heterocycles. The fourth-order valence-electron chi connectivity index (χ4n) is 1.67. The molecule has 5 heteroatoms. The number of fused-ring (bicyclic) bond motifs is 1. The van der Waals surface area contributed by atoms with Gasteiger partial charge in [0.15, 0.2) is 0 Å². The van der Waals surface area contributed by atoms with E-state index in [-0.39, 0.29) is 11.8 Å². The molecule has 0 bridgehead atoms. The lowest BCUT2D eigenvalue weighted by Crippen LogP contribution is -2.30. The van der Waals surface area contributed by atoms with Crippen LogP contribution in [0.5, 0.6) is 0 Å². The van der Waals surface area contributed by atoms with E-state index in [0.29, 0.717) is 0 Å². The largest absolute Gasteiger partial charge is 0.273 e. The van der Waals surface area contributed by atoms with Crippen LogP contribution in [0.1, 0.15) is 0 Å². The summed E-state index contributed by atoms with van der Waals surface area (Å²) in [5.41, 5.74) is 0.932. The van der Waals surface area contributed by atoms with Crippen molar-refractivity contribution in [2.24, 2.45) is 0 Å². The predicted octanol–water partition coefficient (Wildman–Crippen LogP) is 3.57. The summed E-state index contributed by atoms with van der Waals surface area (Å²) in [4.78, 5) is 14.8. The highest BCUT2D eigenvalue weighted by molar-refractivity contribution is 8.02. The highest BCUT2D eigenvalue weighted by Gasteiger charge is 2.23. The molecule has 0 saturated heterocycles. The summed E-state index contributed by atoms with van der Waals surface area (Å²) in [6.45, 7) is 0. The van der Waals surface area contributed by atoms with Crippen LogP contribution in [0.4, 0.5) is 5.69 Å². The number of amides is 1. The van der Waals surface area contributed by atoms with Crippen molar-refractivity contribution in [2.45, 2.75) is 4.90 Å². The fraction of sp³-hybridized carbons (Fsp3) is 0.250. The van der Waals surface area contributed by atoms with Gasteiger partial charge < -0.3 is 0 Å². The lowest BCUT2D eigenvalue weighted by molar-refractivity contribution is -0.115. The average molecular weight is 286 g/mol. The van der Waals surface area contributed by atoms with Gasteiger partial charge in [-0.3, -0.25) is 9.69 Å². The van der Waals surface area contributed by atoms with Gasteiger partial charge in [-0.2, -0.15) is 0 Å². The van der Waals surface area contributed by atoms with E-state index < -0.39 is 0 Å². The van der Waals surface area contributed by atoms with Crippen molar-refractivity contribution < 1.29 is 4.79 Å². The van der Waals surface area contributed by atoms with Crippen molar-refractivity contribution in [1.82, 2.24) is 0 Å². The van der Waals surface area contributed by atoms with E-state index in [4.69, 9.17) is 11.6 Å². The average Bonchev–Trinajstić information content (AvgIpc) is 2.56. The van der Waals surface area contributed by atoms with Crippen molar-refractivity contribution in [3.05, 3.63) is 35.4 Å². The smallest absolute Gasteiger partial charge is 0.246 e. The molecular formula is C12H12ClNOS2. The normalized spacial score (nSPS) is 14.9. The van der Waals surface area contributed by atoms with Gasteiger partial charge in [-0.25, -0.2) is 0 Å². The molecule has 0 aliphatic carbocycles. The number of carbonyl (C=O) groups is 1. The molecule has 0 unspecified atom stereocenters. The van der Waals surface area contributed by atoms with Gasteiger partial charge in [-0.1, -0.05) is 12.1 Å². The third kappa shape index (κ3) is 2.64. The molecule has 0 N–H and O–H groups in total. The van der Waals surface area contributed by atoms with Gasteiger partial charge >= 0.3 is 0 Å². The van der Waals surface area contributed by atoms with Crippen molar-refractivity contribution >= 4 is 46.7 Å². The van der Waals surface area contributed by atoms with Crippen LogP contribution < -0.4 is 4.90 Å². The van der Waals surface area contributed by atoms with E-state index in [0.717, 1.165) is 21.4 Å². The fourth-order valence-corrected chi connectivity index (χ4v) is 3.43. The van der Waals surface area contributed by atoms with Crippen molar-refractivity contribution in [3.63, 3.8) is 0 Å². The van der Waals surface area contributed by atoms with Crippen LogP contribution in [-0.2, 0) is 4.79 Å². The van der Waals surface area contributed by atoms with E-state index in [2.05, 4.69) is 6.08 Å². The lowest BCUT2D eigenvalue weighted by Gasteiger charge is -2.23. The molecule has 0 fully saturated rings. The maximum atomic E-state index is 12.0. The Bertz CT molecular complexity index is 462. The molecule has 17 heavy (non-hydrogen) atoms. The number of hydrogen-bond acceptors (Lipinski definition) is 3. The van der Waals surface area contributed by atoms with Gasteiger partial charge in [0, 0.05) is 10.6 Å². The monoisotopic (exact) mass is 285 g/mol. The second-order valence-corrected chi connectivity index (χ2v) is 5.54. The molecule has 1 aliphatic rings. The number of para-hydroxylation sites is 1. The Morgan fingerprint density at radius 3 is 3.00 bits per heavy atom. The van der Waals surface area contributed by atoms with Crippen LogP contribution in [0.15, 0.2) is 40.3 Å². The van der Waals surface area contributed by atoms with Gasteiger partial charge in [0.25, 0.3) is 0 Å². The molecule has 0 aromatic heterocycles. The predicted molar refractivity (Wildman–Crippen MR) is 77.0 cm³/mol. The van der Waals surface area contributed by atoms with Gasteiger partial charge in [-0.05, 0) is 24.5 Å². The molecule has 0 spiro atoms. The van der Waals surface area contributed by atoms with Crippen LogP contribution >= 0.6 is 35.1 Å². The molecule has 0 atom stereocenters. The number of hydrogen-bond donors (Lipinski definition) is 0. The minimum absolute atomic E-state index is 0.00307. The van der Waals surface area contributed by atoms with E-state index in [1.165, 1.54) is 0 Å². The minimum Gasteiger partial charge on any atom is -0.273 e.